The Morgan fingerprint density at radius 1 is 1.14 bits per heavy atom. The number of rotatable bonds is 4. The minimum Gasteiger partial charge on any atom is -0.393 e. The molecule has 2 amide bonds. The number of aliphatic hydroxyl groups excluding tert-OH is 2. The number of halogens is 2. The van der Waals surface area contributed by atoms with Crippen molar-refractivity contribution in [3.05, 3.63) is 59.7 Å². The van der Waals surface area contributed by atoms with Gasteiger partial charge < -0.3 is 20.8 Å². The summed E-state index contributed by atoms with van der Waals surface area (Å²) in [6.45, 7) is -0.448. The first kappa shape index (κ1) is 15.9. The van der Waals surface area contributed by atoms with Crippen LogP contribution in [-0.2, 0) is 0 Å². The van der Waals surface area contributed by atoms with Gasteiger partial charge in [-0.15, -0.1) is 0 Å². The Morgan fingerprint density at radius 3 is 2.59 bits per heavy atom. The lowest BCUT2D eigenvalue weighted by atomic mass is 10.1. The smallest absolute Gasteiger partial charge is 0.323 e. The lowest BCUT2D eigenvalue weighted by Gasteiger charge is -2.11. The summed E-state index contributed by atoms with van der Waals surface area (Å²) in [6.07, 6.45) is -1.06. The maximum Gasteiger partial charge on any atom is 0.323 e. The first-order chi connectivity index (χ1) is 10.5. The summed E-state index contributed by atoms with van der Waals surface area (Å²) in [5, 5.41) is 23.1. The van der Waals surface area contributed by atoms with E-state index in [2.05, 4.69) is 10.6 Å². The van der Waals surface area contributed by atoms with Crippen molar-refractivity contribution in [3.63, 3.8) is 0 Å². The molecule has 0 radical (unpaired) electrons. The van der Waals surface area contributed by atoms with E-state index in [4.69, 9.17) is 5.11 Å². The molecule has 5 nitrogen and oxygen atoms in total. The van der Waals surface area contributed by atoms with E-state index in [1.165, 1.54) is 6.07 Å². The number of hydrogen-bond donors (Lipinski definition) is 4. The molecule has 0 aliphatic heterocycles. The van der Waals surface area contributed by atoms with Crippen LogP contribution in [0.5, 0.6) is 0 Å². The topological polar surface area (TPSA) is 81.6 Å². The molecule has 2 aromatic rings. The van der Waals surface area contributed by atoms with Crippen LogP contribution in [0.2, 0.25) is 0 Å². The Hall–Kier alpha value is -2.51. The number of amides is 2. The molecule has 1 atom stereocenters. The van der Waals surface area contributed by atoms with Gasteiger partial charge in [-0.05, 0) is 29.8 Å². The fourth-order valence-electron chi connectivity index (χ4n) is 1.80. The van der Waals surface area contributed by atoms with Crippen molar-refractivity contribution in [1.29, 1.82) is 0 Å². The van der Waals surface area contributed by atoms with Gasteiger partial charge in [0.25, 0.3) is 0 Å². The molecule has 0 saturated heterocycles. The number of carbonyl (C=O) groups excluding carboxylic acids is 1. The molecule has 0 aliphatic carbocycles. The normalized spacial score (nSPS) is 11.8. The van der Waals surface area contributed by atoms with Crippen molar-refractivity contribution in [1.82, 2.24) is 0 Å². The van der Waals surface area contributed by atoms with Gasteiger partial charge in [-0.25, -0.2) is 13.6 Å². The second-order valence-corrected chi connectivity index (χ2v) is 4.53. The van der Waals surface area contributed by atoms with E-state index < -0.39 is 30.4 Å². The van der Waals surface area contributed by atoms with E-state index in [0.29, 0.717) is 17.3 Å². The summed E-state index contributed by atoms with van der Waals surface area (Å²) in [4.78, 5) is 11.8. The van der Waals surface area contributed by atoms with Crippen LogP contribution in [0.25, 0.3) is 0 Å². The zero-order valence-corrected chi connectivity index (χ0v) is 11.4. The van der Waals surface area contributed by atoms with E-state index in [1.54, 1.807) is 18.2 Å². The highest BCUT2D eigenvalue weighted by Gasteiger charge is 2.10. The number of urea groups is 1. The van der Waals surface area contributed by atoms with Crippen LogP contribution in [0.3, 0.4) is 0 Å². The third-order valence-electron chi connectivity index (χ3n) is 2.88. The Labute approximate surface area is 125 Å². The van der Waals surface area contributed by atoms with Crippen LogP contribution in [0, 0.1) is 11.6 Å². The molecule has 116 valence electrons. The van der Waals surface area contributed by atoms with Gasteiger partial charge in [0.15, 0.2) is 0 Å². The molecule has 0 bridgehead atoms. The maximum absolute atomic E-state index is 13.4. The zero-order chi connectivity index (χ0) is 16.1. The molecule has 0 unspecified atom stereocenters. The van der Waals surface area contributed by atoms with Gasteiger partial charge in [0, 0.05) is 11.8 Å². The van der Waals surface area contributed by atoms with E-state index in [9.17, 15) is 18.7 Å². The summed E-state index contributed by atoms with van der Waals surface area (Å²) in [5.41, 5.74) is 0.615. The van der Waals surface area contributed by atoms with Crippen molar-refractivity contribution in [2.24, 2.45) is 0 Å². The maximum atomic E-state index is 13.4. The fraction of sp³-hybridized carbons (Fsp3) is 0.133. The van der Waals surface area contributed by atoms with Crippen LogP contribution in [-0.4, -0.2) is 22.9 Å². The molecule has 0 aliphatic rings. The van der Waals surface area contributed by atoms with Gasteiger partial charge >= 0.3 is 6.03 Å². The van der Waals surface area contributed by atoms with Gasteiger partial charge in [0.2, 0.25) is 0 Å². The molecule has 0 heterocycles. The molecule has 2 rings (SSSR count). The van der Waals surface area contributed by atoms with Crippen molar-refractivity contribution in [2.75, 3.05) is 17.2 Å². The summed E-state index contributed by atoms with van der Waals surface area (Å²) >= 11 is 0. The van der Waals surface area contributed by atoms with Crippen LogP contribution < -0.4 is 10.6 Å². The Morgan fingerprint density at radius 2 is 1.91 bits per heavy atom. The van der Waals surface area contributed by atoms with Crippen LogP contribution in [0.4, 0.5) is 25.0 Å². The molecule has 22 heavy (non-hydrogen) atoms. The quantitative estimate of drug-likeness (QED) is 0.701. The molecular formula is C15H14F2N2O3. The Bertz CT molecular complexity index is 680. The molecular weight excluding hydrogens is 294 g/mol. The standard InChI is InChI=1S/C15H14F2N2O3/c16-10-4-5-13(12(17)7-10)19-15(22)18-11-3-1-2-9(6-11)14(21)8-20/h1-7,14,20-21H,8H2,(H2,18,19,22)/t14-/m1/s1. The number of hydrogen-bond acceptors (Lipinski definition) is 3. The van der Waals surface area contributed by atoms with E-state index in [-0.39, 0.29) is 5.69 Å². The van der Waals surface area contributed by atoms with E-state index in [1.807, 2.05) is 0 Å². The lowest BCUT2D eigenvalue weighted by Crippen LogP contribution is -2.20. The predicted molar refractivity (Wildman–Crippen MR) is 77.5 cm³/mol. The summed E-state index contributed by atoms with van der Waals surface area (Å²) in [7, 11) is 0. The third kappa shape index (κ3) is 4.00. The van der Waals surface area contributed by atoms with Crippen molar-refractivity contribution < 1.29 is 23.8 Å². The van der Waals surface area contributed by atoms with Crippen LogP contribution in [0.15, 0.2) is 42.5 Å². The van der Waals surface area contributed by atoms with Crippen LogP contribution in [0.1, 0.15) is 11.7 Å². The van der Waals surface area contributed by atoms with Gasteiger partial charge in [-0.2, -0.15) is 0 Å². The minimum absolute atomic E-state index is 0.162. The van der Waals surface area contributed by atoms with Gasteiger partial charge in [-0.1, -0.05) is 12.1 Å². The SMILES string of the molecule is O=C(Nc1cccc([C@H](O)CO)c1)Nc1ccc(F)cc1F. The highest BCUT2D eigenvalue weighted by molar-refractivity contribution is 5.99. The summed E-state index contributed by atoms with van der Waals surface area (Å²) in [6, 6.07) is 8.28. The zero-order valence-electron chi connectivity index (χ0n) is 11.4. The lowest BCUT2D eigenvalue weighted by molar-refractivity contribution is 0.0956. The average molecular weight is 308 g/mol. The molecule has 0 aromatic heterocycles. The number of nitrogens with one attached hydrogen (secondary N) is 2. The van der Waals surface area contributed by atoms with Gasteiger partial charge in [0.05, 0.1) is 12.3 Å². The number of carbonyl (C=O) groups is 1. The van der Waals surface area contributed by atoms with Crippen molar-refractivity contribution in [2.45, 2.75) is 6.10 Å². The second kappa shape index (κ2) is 6.97. The molecule has 0 fully saturated rings. The van der Waals surface area contributed by atoms with Gasteiger partial charge in [-0.3, -0.25) is 0 Å². The average Bonchev–Trinajstić information content (AvgIpc) is 2.49. The largest absolute Gasteiger partial charge is 0.393 e. The molecule has 4 N–H and O–H groups in total. The monoisotopic (exact) mass is 308 g/mol. The van der Waals surface area contributed by atoms with Crippen LogP contribution >= 0.6 is 0 Å². The third-order valence-corrected chi connectivity index (χ3v) is 2.88. The Kier molecular flexibility index (Phi) is 5.03. The summed E-state index contributed by atoms with van der Waals surface area (Å²) in [5.74, 6) is -1.63. The second-order valence-electron chi connectivity index (χ2n) is 4.53. The molecule has 0 spiro atoms. The van der Waals surface area contributed by atoms with E-state index >= 15 is 0 Å². The first-order valence-corrected chi connectivity index (χ1v) is 6.41. The summed E-state index contributed by atoms with van der Waals surface area (Å²) < 4.78 is 26.2. The number of benzene rings is 2. The predicted octanol–water partition coefficient (Wildman–Crippen LogP) is 2.63. The van der Waals surface area contributed by atoms with E-state index in [0.717, 1.165) is 12.1 Å². The van der Waals surface area contributed by atoms with Crippen molar-refractivity contribution in [3.8, 4) is 0 Å². The highest BCUT2D eigenvalue weighted by atomic mass is 19.1. The first-order valence-electron chi connectivity index (χ1n) is 6.41. The van der Waals surface area contributed by atoms with Gasteiger partial charge in [0.1, 0.15) is 17.7 Å². The Balaban J connectivity index is 2.06. The fourth-order valence-corrected chi connectivity index (χ4v) is 1.80. The minimum atomic E-state index is -1.06. The highest BCUT2D eigenvalue weighted by Crippen LogP contribution is 2.18. The molecule has 0 saturated carbocycles. The van der Waals surface area contributed by atoms with Crippen molar-refractivity contribution >= 4 is 17.4 Å². The molecule has 2 aromatic carbocycles. The number of anilines is 2. The number of aliphatic hydroxyl groups is 2. The molecule has 7 heteroatoms.